The van der Waals surface area contributed by atoms with Gasteiger partial charge in [0.05, 0.1) is 5.71 Å². The maximum atomic E-state index is 12.5. The molecule has 0 aromatic heterocycles. The average Bonchev–Trinajstić information content (AvgIpc) is 2.62. The molecule has 0 aliphatic carbocycles. The Kier molecular flexibility index (Phi) is 9.58. The fourth-order valence-electron chi connectivity index (χ4n) is 2.67. The van der Waals surface area contributed by atoms with Crippen molar-refractivity contribution in [2.75, 3.05) is 13.1 Å². The molecule has 0 heterocycles. The smallest absolute Gasteiger partial charge is 0.292 e. The molecule has 0 aliphatic rings. The van der Waals surface area contributed by atoms with E-state index in [0.29, 0.717) is 24.3 Å². The summed E-state index contributed by atoms with van der Waals surface area (Å²) in [4.78, 5) is 4.19. The summed E-state index contributed by atoms with van der Waals surface area (Å²) >= 11 is 0. The monoisotopic (exact) mass is 376 g/mol. The van der Waals surface area contributed by atoms with Crippen molar-refractivity contribution in [3.8, 4) is 0 Å². The molecule has 0 unspecified atom stereocenters. The van der Waals surface area contributed by atoms with Gasteiger partial charge in [0.25, 0.3) is 6.55 Å². The first-order chi connectivity index (χ1) is 12.8. The molecule has 148 valence electrons. The number of nitrogens with zero attached hydrogens (tertiary/aromatic N) is 1. The van der Waals surface area contributed by atoms with Crippen LogP contribution in [0, 0.1) is 12.3 Å². The maximum Gasteiger partial charge on any atom is 0.292 e. The highest BCUT2D eigenvalue weighted by Crippen LogP contribution is 2.25. The van der Waals surface area contributed by atoms with Crippen molar-refractivity contribution in [2.24, 2.45) is 10.7 Å². The van der Waals surface area contributed by atoms with Gasteiger partial charge in [-0.2, -0.15) is 8.78 Å². The molecule has 0 amide bonds. The molecule has 4 N–H and O–H groups in total. The third-order valence-electron chi connectivity index (χ3n) is 4.09. The highest BCUT2D eigenvalue weighted by atomic mass is 19.3. The van der Waals surface area contributed by atoms with Crippen molar-refractivity contribution in [1.82, 2.24) is 5.32 Å². The number of benzene rings is 1. The fourth-order valence-corrected chi connectivity index (χ4v) is 2.67. The summed E-state index contributed by atoms with van der Waals surface area (Å²) in [5, 5.41) is 10.8. The lowest BCUT2D eigenvalue weighted by Gasteiger charge is -2.17. The van der Waals surface area contributed by atoms with Crippen LogP contribution in [0.1, 0.15) is 49.8 Å². The van der Waals surface area contributed by atoms with Crippen molar-refractivity contribution in [1.29, 1.82) is 5.41 Å². The number of alkyl halides is 2. The van der Waals surface area contributed by atoms with Gasteiger partial charge < -0.3 is 5.73 Å². The highest BCUT2D eigenvalue weighted by Gasteiger charge is 2.16. The minimum absolute atomic E-state index is 0.0268. The maximum absolute atomic E-state index is 12.5. The van der Waals surface area contributed by atoms with Crippen LogP contribution in [0.2, 0.25) is 0 Å². The van der Waals surface area contributed by atoms with Gasteiger partial charge in [0.2, 0.25) is 0 Å². The van der Waals surface area contributed by atoms with E-state index >= 15 is 0 Å². The molecule has 0 atom stereocenters. The first-order valence-electron chi connectivity index (χ1n) is 9.11. The zero-order chi connectivity index (χ0) is 20.4. The molecule has 6 heteroatoms. The average molecular weight is 376 g/mol. The van der Waals surface area contributed by atoms with Gasteiger partial charge in [-0.25, -0.2) is 0 Å². The van der Waals surface area contributed by atoms with Crippen LogP contribution in [0.25, 0.3) is 0 Å². The first kappa shape index (κ1) is 22.7. The summed E-state index contributed by atoms with van der Waals surface area (Å²) < 4.78 is 24.9. The normalized spacial score (nSPS) is 13.2. The van der Waals surface area contributed by atoms with E-state index in [4.69, 9.17) is 11.1 Å². The SMILES string of the molecule is CCN=CC(=CN)C/C(=C/CNC(F)F)C(=N)c1ccc(C)cc1C(C)C. The largest absolute Gasteiger partial charge is 0.404 e. The van der Waals surface area contributed by atoms with Gasteiger partial charge in [0.15, 0.2) is 0 Å². The number of nitrogens with two attached hydrogens (primary N) is 1. The van der Waals surface area contributed by atoms with Crippen LogP contribution >= 0.6 is 0 Å². The van der Waals surface area contributed by atoms with E-state index in [0.717, 1.165) is 22.3 Å². The fraction of sp³-hybridized carbons (Fsp3) is 0.429. The van der Waals surface area contributed by atoms with Gasteiger partial charge in [-0.05, 0) is 42.7 Å². The van der Waals surface area contributed by atoms with Crippen LogP contribution in [0.4, 0.5) is 8.78 Å². The molecule has 4 nitrogen and oxygen atoms in total. The molecule has 0 saturated carbocycles. The predicted octanol–water partition coefficient (Wildman–Crippen LogP) is 4.55. The lowest BCUT2D eigenvalue weighted by atomic mass is 9.88. The van der Waals surface area contributed by atoms with E-state index in [9.17, 15) is 8.78 Å². The second kappa shape index (κ2) is 11.4. The van der Waals surface area contributed by atoms with E-state index in [2.05, 4.69) is 30.2 Å². The van der Waals surface area contributed by atoms with Crippen molar-refractivity contribution in [3.63, 3.8) is 0 Å². The van der Waals surface area contributed by atoms with Crippen molar-refractivity contribution in [2.45, 2.75) is 46.6 Å². The van der Waals surface area contributed by atoms with Crippen LogP contribution in [0.3, 0.4) is 0 Å². The number of rotatable bonds is 10. The summed E-state index contributed by atoms with van der Waals surface area (Å²) in [6.07, 6.45) is 5.09. The van der Waals surface area contributed by atoms with Gasteiger partial charge >= 0.3 is 0 Å². The van der Waals surface area contributed by atoms with Gasteiger partial charge in [-0.15, -0.1) is 0 Å². The van der Waals surface area contributed by atoms with Crippen LogP contribution in [0.5, 0.6) is 0 Å². The second-order valence-electron chi connectivity index (χ2n) is 6.60. The van der Waals surface area contributed by atoms with Crippen LogP contribution in [-0.4, -0.2) is 31.6 Å². The Morgan fingerprint density at radius 2 is 2.04 bits per heavy atom. The molecule has 0 radical (unpaired) electrons. The van der Waals surface area contributed by atoms with Gasteiger partial charge in [0, 0.05) is 31.3 Å². The molecule has 1 rings (SSSR count). The summed E-state index contributed by atoms with van der Waals surface area (Å²) in [6, 6.07) is 5.96. The number of aliphatic imine (C=N–C) groups is 1. The highest BCUT2D eigenvalue weighted by molar-refractivity contribution is 6.12. The Morgan fingerprint density at radius 3 is 2.59 bits per heavy atom. The zero-order valence-electron chi connectivity index (χ0n) is 16.5. The minimum atomic E-state index is -2.60. The molecule has 1 aromatic rings. The molecule has 0 spiro atoms. The number of aryl methyl sites for hydroxylation is 1. The number of hydrogen-bond donors (Lipinski definition) is 3. The summed E-state index contributed by atoms with van der Waals surface area (Å²) in [5.74, 6) is 0.242. The van der Waals surface area contributed by atoms with Gasteiger partial charge in [-0.1, -0.05) is 43.7 Å². The number of nitrogens with one attached hydrogen (secondary N) is 2. The third-order valence-corrected chi connectivity index (χ3v) is 4.09. The summed E-state index contributed by atoms with van der Waals surface area (Å²) in [5.41, 5.74) is 10.4. The van der Waals surface area contributed by atoms with E-state index in [-0.39, 0.29) is 12.5 Å². The van der Waals surface area contributed by atoms with E-state index in [1.807, 2.05) is 26.0 Å². The third kappa shape index (κ3) is 7.43. The van der Waals surface area contributed by atoms with E-state index < -0.39 is 6.55 Å². The van der Waals surface area contributed by atoms with Crippen LogP contribution in [-0.2, 0) is 0 Å². The number of allylic oxidation sites excluding steroid dienone is 2. The lowest BCUT2D eigenvalue weighted by Crippen LogP contribution is -2.21. The predicted molar refractivity (Wildman–Crippen MR) is 110 cm³/mol. The van der Waals surface area contributed by atoms with E-state index in [1.54, 1.807) is 12.3 Å². The second-order valence-corrected chi connectivity index (χ2v) is 6.60. The Labute approximate surface area is 160 Å². The van der Waals surface area contributed by atoms with Crippen LogP contribution < -0.4 is 11.1 Å². The summed E-state index contributed by atoms with van der Waals surface area (Å²) in [7, 11) is 0. The first-order valence-corrected chi connectivity index (χ1v) is 9.11. The zero-order valence-corrected chi connectivity index (χ0v) is 16.5. The summed E-state index contributed by atoms with van der Waals surface area (Å²) in [6.45, 7) is 6.07. The van der Waals surface area contributed by atoms with Crippen molar-refractivity contribution in [3.05, 3.63) is 58.3 Å². The molecule has 27 heavy (non-hydrogen) atoms. The Bertz CT molecular complexity index is 719. The molecule has 1 aromatic carbocycles. The van der Waals surface area contributed by atoms with E-state index in [1.165, 1.54) is 6.20 Å². The molecule has 0 bridgehead atoms. The Balaban J connectivity index is 3.26. The molecular formula is C21H30F2N4. The number of halogens is 2. The molecule has 0 fully saturated rings. The minimum Gasteiger partial charge on any atom is -0.404 e. The molecular weight excluding hydrogens is 346 g/mol. The van der Waals surface area contributed by atoms with Gasteiger partial charge in [-0.3, -0.25) is 15.7 Å². The van der Waals surface area contributed by atoms with Crippen molar-refractivity contribution >= 4 is 11.9 Å². The standard InChI is InChI=1S/C21H30F2N4/c1-5-26-13-16(12-24)11-17(8-9-27-21(22)23)20(25)18-7-6-15(4)10-19(18)14(2)3/h6-8,10,12-14,21,25,27H,5,9,11,24H2,1-4H3/b16-12?,17-8-,25-20?,26-13?. The molecule has 0 saturated heterocycles. The van der Waals surface area contributed by atoms with Crippen molar-refractivity contribution < 1.29 is 8.78 Å². The van der Waals surface area contributed by atoms with Crippen LogP contribution in [0.15, 0.2) is 46.6 Å². The topological polar surface area (TPSA) is 74.3 Å². The quantitative estimate of drug-likeness (QED) is 0.414. The Hall–Kier alpha value is -2.34. The van der Waals surface area contributed by atoms with Gasteiger partial charge in [0.1, 0.15) is 0 Å². The lowest BCUT2D eigenvalue weighted by molar-refractivity contribution is 0.113. The number of hydrogen-bond acceptors (Lipinski definition) is 4. The Morgan fingerprint density at radius 1 is 1.33 bits per heavy atom. The molecule has 0 aliphatic heterocycles.